The first-order valence-corrected chi connectivity index (χ1v) is 8.13. The second-order valence-corrected chi connectivity index (χ2v) is 6.70. The van der Waals surface area contributed by atoms with Gasteiger partial charge >= 0.3 is 0 Å². The molecule has 1 aromatic carbocycles. The second-order valence-electron chi connectivity index (χ2n) is 6.70. The Bertz CT molecular complexity index is 837. The molecule has 2 aliphatic carbocycles. The van der Waals surface area contributed by atoms with Crippen molar-refractivity contribution in [1.29, 1.82) is 0 Å². The van der Waals surface area contributed by atoms with Gasteiger partial charge in [0, 0.05) is 26.0 Å². The van der Waals surface area contributed by atoms with Crippen molar-refractivity contribution in [1.82, 2.24) is 15.6 Å². The summed E-state index contributed by atoms with van der Waals surface area (Å²) in [5.74, 6) is -0.407. The summed E-state index contributed by atoms with van der Waals surface area (Å²) in [6.07, 6.45) is 1.18. The highest BCUT2D eigenvalue weighted by atomic mass is 16.5. The van der Waals surface area contributed by atoms with Crippen molar-refractivity contribution in [3.05, 3.63) is 53.3 Å². The normalized spacial score (nSPS) is 25.7. The fourth-order valence-electron chi connectivity index (χ4n) is 3.05. The molecule has 4 N–H and O–H groups in total. The van der Waals surface area contributed by atoms with E-state index in [1.165, 1.54) is 13.1 Å². The van der Waals surface area contributed by atoms with Gasteiger partial charge in [0.1, 0.15) is 18.0 Å². The van der Waals surface area contributed by atoms with Gasteiger partial charge in [0.2, 0.25) is 0 Å². The molecule has 4 rings (SSSR count). The monoisotopic (exact) mass is 341 g/mol. The van der Waals surface area contributed by atoms with Crippen LogP contribution < -0.4 is 15.4 Å². The summed E-state index contributed by atoms with van der Waals surface area (Å²) in [5.41, 5.74) is 0.205. The molecule has 1 aromatic heterocycles. The molecular weight excluding hydrogens is 322 g/mol. The fraction of sp³-hybridized carbons (Fsp3) is 0.333. The maximum atomic E-state index is 12.4. The van der Waals surface area contributed by atoms with E-state index in [9.17, 15) is 14.7 Å². The lowest BCUT2D eigenvalue weighted by molar-refractivity contribution is 0.0935. The van der Waals surface area contributed by atoms with Crippen LogP contribution in [0.1, 0.15) is 39.4 Å². The van der Waals surface area contributed by atoms with E-state index in [1.54, 1.807) is 0 Å². The average Bonchev–Trinajstić information content (AvgIpc) is 3.25. The third-order valence-electron chi connectivity index (χ3n) is 4.90. The zero-order valence-corrected chi connectivity index (χ0v) is 13.8. The lowest BCUT2D eigenvalue weighted by atomic mass is 10.2. The number of H-pyrrole nitrogens is 1. The number of nitrogens with one attached hydrogen (secondary N) is 3. The molecule has 0 radical (unpaired) electrons. The van der Waals surface area contributed by atoms with Crippen molar-refractivity contribution in [2.24, 2.45) is 0 Å². The Morgan fingerprint density at radius 1 is 1.24 bits per heavy atom. The van der Waals surface area contributed by atoms with Crippen LogP contribution in [0.5, 0.6) is 5.75 Å². The number of benzene rings is 1. The largest absolute Gasteiger partial charge is 0.486 e. The molecule has 0 bridgehead atoms. The molecule has 2 saturated carbocycles. The number of fused-ring (bicyclic) bond motifs is 1. The van der Waals surface area contributed by atoms with E-state index in [2.05, 4.69) is 15.6 Å². The number of amides is 2. The van der Waals surface area contributed by atoms with Crippen LogP contribution >= 0.6 is 0 Å². The van der Waals surface area contributed by atoms with Crippen molar-refractivity contribution in [3.63, 3.8) is 0 Å². The van der Waals surface area contributed by atoms with E-state index in [0.29, 0.717) is 18.6 Å². The molecule has 25 heavy (non-hydrogen) atoms. The lowest BCUT2D eigenvalue weighted by Gasteiger charge is -2.06. The van der Waals surface area contributed by atoms with Crippen molar-refractivity contribution in [2.45, 2.75) is 30.6 Å². The summed E-state index contributed by atoms with van der Waals surface area (Å²) in [6.45, 7) is 0.285. The highest BCUT2D eigenvalue weighted by Gasteiger charge is 2.84. The quantitative estimate of drug-likeness (QED) is 0.628. The number of hydrogen-bond acceptors (Lipinski definition) is 4. The maximum Gasteiger partial charge on any atom is 0.271 e. The van der Waals surface area contributed by atoms with Crippen molar-refractivity contribution in [3.8, 4) is 5.75 Å². The Kier molecular flexibility index (Phi) is 3.36. The maximum absolute atomic E-state index is 12.4. The number of carbonyl (C=O) groups is 2. The molecule has 2 amide bonds. The number of aliphatic hydroxyl groups is 1. The molecule has 130 valence electrons. The lowest BCUT2D eigenvalue weighted by Crippen LogP contribution is -2.31. The number of aromatic amines is 1. The van der Waals surface area contributed by atoms with Crippen LogP contribution in [-0.2, 0) is 6.61 Å². The average molecular weight is 341 g/mol. The molecule has 0 unspecified atom stereocenters. The van der Waals surface area contributed by atoms with E-state index < -0.39 is 11.1 Å². The summed E-state index contributed by atoms with van der Waals surface area (Å²) in [4.78, 5) is 27.2. The van der Waals surface area contributed by atoms with Gasteiger partial charge in [-0.1, -0.05) is 30.3 Å². The first-order chi connectivity index (χ1) is 12.0. The Labute approximate surface area is 144 Å². The third-order valence-corrected chi connectivity index (χ3v) is 4.90. The molecular formula is C18H19N3O4. The van der Waals surface area contributed by atoms with E-state index >= 15 is 0 Å². The first-order valence-electron chi connectivity index (χ1n) is 8.13. The summed E-state index contributed by atoms with van der Waals surface area (Å²) in [6, 6.07) is 11.1. The van der Waals surface area contributed by atoms with Gasteiger partial charge in [0.05, 0.1) is 11.1 Å². The van der Waals surface area contributed by atoms with Crippen LogP contribution in [0.2, 0.25) is 0 Å². The molecule has 7 nitrogen and oxygen atoms in total. The second kappa shape index (κ2) is 5.35. The summed E-state index contributed by atoms with van der Waals surface area (Å²) < 4.78 is 5.73. The van der Waals surface area contributed by atoms with Gasteiger partial charge < -0.3 is 25.5 Å². The number of rotatable bonds is 6. The van der Waals surface area contributed by atoms with E-state index in [1.807, 2.05) is 30.3 Å². The highest BCUT2D eigenvalue weighted by molar-refractivity contribution is 6.00. The molecule has 2 aliphatic rings. The van der Waals surface area contributed by atoms with Crippen LogP contribution in [0.25, 0.3) is 0 Å². The van der Waals surface area contributed by atoms with Gasteiger partial charge in [-0.2, -0.15) is 0 Å². The van der Waals surface area contributed by atoms with E-state index in [4.69, 9.17) is 4.74 Å². The first kappa shape index (κ1) is 15.7. The Morgan fingerprint density at radius 3 is 2.52 bits per heavy atom. The van der Waals surface area contributed by atoms with Crippen molar-refractivity contribution < 1.29 is 19.4 Å². The zero-order valence-electron chi connectivity index (χ0n) is 13.8. The minimum absolute atomic E-state index is 0.197. The number of ether oxygens (including phenoxy) is 1. The molecule has 1 heterocycles. The Morgan fingerprint density at radius 2 is 1.92 bits per heavy atom. The van der Waals surface area contributed by atoms with E-state index in [-0.39, 0.29) is 29.8 Å². The summed E-state index contributed by atoms with van der Waals surface area (Å²) in [5, 5.41) is 15.2. The van der Waals surface area contributed by atoms with Gasteiger partial charge in [-0.25, -0.2) is 0 Å². The molecule has 7 heteroatoms. The van der Waals surface area contributed by atoms with Gasteiger partial charge in [-0.3, -0.25) is 9.59 Å². The molecule has 0 aliphatic heterocycles. The predicted octanol–water partition coefficient (Wildman–Crippen LogP) is 0.960. The highest BCUT2D eigenvalue weighted by Crippen LogP contribution is 2.70. The Hall–Kier alpha value is -2.80. The SMILES string of the molecule is CNC(=O)c1[nH]c(C(=O)NC23CC2(O)C3)cc1OCc1ccccc1. The van der Waals surface area contributed by atoms with Crippen molar-refractivity contribution >= 4 is 11.8 Å². The van der Waals surface area contributed by atoms with Crippen LogP contribution in [0.4, 0.5) is 0 Å². The Balaban J connectivity index is 1.51. The topological polar surface area (TPSA) is 103 Å². The van der Waals surface area contributed by atoms with Crippen LogP contribution in [0.15, 0.2) is 36.4 Å². The summed E-state index contributed by atoms with van der Waals surface area (Å²) >= 11 is 0. The smallest absolute Gasteiger partial charge is 0.271 e. The third kappa shape index (κ3) is 2.66. The number of hydrogen-bond donors (Lipinski definition) is 4. The molecule has 0 spiro atoms. The molecule has 0 atom stereocenters. The van der Waals surface area contributed by atoms with Gasteiger partial charge in [-0.05, 0) is 5.56 Å². The van der Waals surface area contributed by atoms with Crippen LogP contribution in [0.3, 0.4) is 0 Å². The fourth-order valence-corrected chi connectivity index (χ4v) is 3.05. The van der Waals surface area contributed by atoms with Gasteiger partial charge in [0.25, 0.3) is 11.8 Å². The van der Waals surface area contributed by atoms with Crippen molar-refractivity contribution in [2.75, 3.05) is 7.05 Å². The molecule has 0 saturated heterocycles. The molecule has 2 aromatic rings. The number of carbonyl (C=O) groups excluding carboxylic acids is 2. The molecule has 2 fully saturated rings. The van der Waals surface area contributed by atoms with Crippen LogP contribution in [-0.4, -0.2) is 40.1 Å². The number of aromatic nitrogens is 1. The van der Waals surface area contributed by atoms with Crippen LogP contribution in [0, 0.1) is 0 Å². The van der Waals surface area contributed by atoms with Gasteiger partial charge in [-0.15, -0.1) is 0 Å². The zero-order chi connectivity index (χ0) is 17.7. The minimum Gasteiger partial charge on any atom is -0.486 e. The minimum atomic E-state index is -0.717. The van der Waals surface area contributed by atoms with E-state index in [0.717, 1.165) is 5.56 Å². The summed E-state index contributed by atoms with van der Waals surface area (Å²) in [7, 11) is 1.51. The predicted molar refractivity (Wildman–Crippen MR) is 89.3 cm³/mol. The standard InChI is InChI=1S/C18H19N3O4/c1-19-16(23)14-13(25-8-11-5-3-2-4-6-11)7-12(20-14)15(22)21-17-9-18(17,24)10-17/h2-7,20,24H,8-10H2,1H3,(H,19,23)(H,21,22). The van der Waals surface area contributed by atoms with Gasteiger partial charge in [0.15, 0.2) is 5.75 Å².